The smallest absolute Gasteiger partial charge is 0.243 e. The molecule has 1 atom stereocenters. The third-order valence-corrected chi connectivity index (χ3v) is 4.30. The van der Waals surface area contributed by atoms with E-state index in [1.807, 2.05) is 0 Å². The van der Waals surface area contributed by atoms with Gasteiger partial charge in [-0.3, -0.25) is 4.98 Å². The summed E-state index contributed by atoms with van der Waals surface area (Å²) in [4.78, 5) is 3.62. The number of rotatable bonds is 5. The quantitative estimate of drug-likeness (QED) is 0.847. The number of nitrogens with zero attached hydrogens (tertiary/aromatic N) is 1. The van der Waals surface area contributed by atoms with Crippen molar-refractivity contribution in [1.82, 2.24) is 9.71 Å². The van der Waals surface area contributed by atoms with Crippen molar-refractivity contribution in [2.75, 3.05) is 6.54 Å². The molecule has 0 saturated carbocycles. The van der Waals surface area contributed by atoms with Crippen molar-refractivity contribution < 1.29 is 13.5 Å². The topological polar surface area (TPSA) is 79.3 Å². The van der Waals surface area contributed by atoms with Gasteiger partial charge in [0.2, 0.25) is 10.0 Å². The lowest BCUT2D eigenvalue weighted by Gasteiger charge is -2.21. The normalized spacial score (nSPS) is 15.5. The monoisotopic (exact) mass is 278 g/mol. The van der Waals surface area contributed by atoms with Gasteiger partial charge in [0.05, 0.1) is 10.6 Å². The number of pyridine rings is 1. The molecule has 0 saturated heterocycles. The van der Waals surface area contributed by atoms with Crippen molar-refractivity contribution in [3.63, 3.8) is 0 Å². The van der Waals surface area contributed by atoms with Crippen LogP contribution in [0.1, 0.15) is 20.3 Å². The molecule has 0 aromatic carbocycles. The van der Waals surface area contributed by atoms with E-state index in [2.05, 4.69) is 9.71 Å². The lowest BCUT2D eigenvalue weighted by Crippen LogP contribution is -2.40. The Balaban J connectivity index is 2.88. The molecule has 1 heterocycles. The van der Waals surface area contributed by atoms with Gasteiger partial charge in [0.1, 0.15) is 4.90 Å². The summed E-state index contributed by atoms with van der Waals surface area (Å²) in [5, 5.41) is 9.83. The number of sulfonamides is 1. The Morgan fingerprint density at radius 3 is 2.76 bits per heavy atom. The first-order chi connectivity index (χ1) is 7.78. The molecule has 1 aromatic rings. The highest BCUT2D eigenvalue weighted by Gasteiger charge is 2.23. The second kappa shape index (κ2) is 5.30. The molecule has 0 radical (unpaired) electrons. The first-order valence-corrected chi connectivity index (χ1v) is 6.96. The van der Waals surface area contributed by atoms with Crippen molar-refractivity contribution >= 4 is 21.6 Å². The van der Waals surface area contributed by atoms with Gasteiger partial charge in [-0.25, -0.2) is 13.1 Å². The van der Waals surface area contributed by atoms with E-state index in [9.17, 15) is 13.5 Å². The zero-order valence-electron chi connectivity index (χ0n) is 9.64. The zero-order valence-corrected chi connectivity index (χ0v) is 11.2. The van der Waals surface area contributed by atoms with Gasteiger partial charge in [0.15, 0.2) is 0 Å². The Kier molecular flexibility index (Phi) is 4.48. The molecule has 1 rings (SSSR count). The highest BCUT2D eigenvalue weighted by molar-refractivity contribution is 7.89. The van der Waals surface area contributed by atoms with Crippen LogP contribution in [0.15, 0.2) is 23.4 Å². The summed E-state index contributed by atoms with van der Waals surface area (Å²) in [7, 11) is -3.74. The summed E-state index contributed by atoms with van der Waals surface area (Å²) in [6.07, 6.45) is 3.02. The van der Waals surface area contributed by atoms with Gasteiger partial charge in [-0.1, -0.05) is 18.5 Å². The minimum atomic E-state index is -3.74. The van der Waals surface area contributed by atoms with E-state index in [1.165, 1.54) is 18.5 Å². The third-order valence-electron chi connectivity index (χ3n) is 2.43. The predicted molar refractivity (Wildman–Crippen MR) is 65.4 cm³/mol. The van der Waals surface area contributed by atoms with Gasteiger partial charge in [0, 0.05) is 18.9 Å². The first-order valence-electron chi connectivity index (χ1n) is 5.10. The Bertz CT molecular complexity index is 488. The third kappa shape index (κ3) is 3.92. The van der Waals surface area contributed by atoms with Gasteiger partial charge in [-0.15, -0.1) is 0 Å². The number of nitrogens with one attached hydrogen (secondary N) is 1. The van der Waals surface area contributed by atoms with E-state index >= 15 is 0 Å². The van der Waals surface area contributed by atoms with Crippen LogP contribution in [0.5, 0.6) is 0 Å². The van der Waals surface area contributed by atoms with Crippen LogP contribution in [0, 0.1) is 0 Å². The summed E-state index contributed by atoms with van der Waals surface area (Å²) in [6, 6.07) is 1.40. The Labute approximate surface area is 106 Å². The average molecular weight is 279 g/mol. The Morgan fingerprint density at radius 2 is 2.24 bits per heavy atom. The molecule has 1 aromatic heterocycles. The molecular weight excluding hydrogens is 264 g/mol. The standard InChI is InChI=1S/C10H15ClN2O3S/c1-3-10(2,14)7-13-17(15,16)9-6-12-5-4-8(9)11/h4-6,13-14H,3,7H2,1-2H3. The maximum atomic E-state index is 11.9. The predicted octanol–water partition coefficient (Wildman–Crippen LogP) is 1.17. The first kappa shape index (κ1) is 14.4. The summed E-state index contributed by atoms with van der Waals surface area (Å²) >= 11 is 5.77. The van der Waals surface area contributed by atoms with E-state index in [0.717, 1.165) is 0 Å². The van der Waals surface area contributed by atoms with Crippen LogP contribution in [0.4, 0.5) is 0 Å². The summed E-state index contributed by atoms with van der Waals surface area (Å²) < 4.78 is 26.0. The molecule has 0 spiro atoms. The van der Waals surface area contributed by atoms with Crippen LogP contribution in [0.2, 0.25) is 5.02 Å². The molecule has 0 aliphatic rings. The van der Waals surface area contributed by atoms with Crippen LogP contribution < -0.4 is 4.72 Å². The zero-order chi connectivity index (χ0) is 13.1. The maximum absolute atomic E-state index is 11.9. The molecule has 0 bridgehead atoms. The van der Waals surface area contributed by atoms with Crippen LogP contribution in [-0.2, 0) is 10.0 Å². The van der Waals surface area contributed by atoms with E-state index in [4.69, 9.17) is 11.6 Å². The van der Waals surface area contributed by atoms with E-state index < -0.39 is 15.6 Å². The number of hydrogen-bond donors (Lipinski definition) is 2. The number of aliphatic hydroxyl groups is 1. The van der Waals surface area contributed by atoms with Crippen molar-refractivity contribution in [2.24, 2.45) is 0 Å². The summed E-state index contributed by atoms with van der Waals surface area (Å²) in [5.41, 5.74) is -1.08. The van der Waals surface area contributed by atoms with E-state index in [1.54, 1.807) is 13.8 Å². The molecule has 17 heavy (non-hydrogen) atoms. The highest BCUT2D eigenvalue weighted by atomic mass is 35.5. The van der Waals surface area contributed by atoms with Crippen molar-refractivity contribution in [1.29, 1.82) is 0 Å². The second-order valence-electron chi connectivity index (χ2n) is 3.98. The Morgan fingerprint density at radius 1 is 1.59 bits per heavy atom. The molecule has 2 N–H and O–H groups in total. The number of hydrogen-bond acceptors (Lipinski definition) is 4. The van der Waals surface area contributed by atoms with Crippen LogP contribution >= 0.6 is 11.6 Å². The van der Waals surface area contributed by atoms with Gasteiger partial charge >= 0.3 is 0 Å². The lowest BCUT2D eigenvalue weighted by atomic mass is 10.1. The fraction of sp³-hybridized carbons (Fsp3) is 0.500. The average Bonchev–Trinajstić information content (AvgIpc) is 2.27. The van der Waals surface area contributed by atoms with Gasteiger partial charge in [0.25, 0.3) is 0 Å². The van der Waals surface area contributed by atoms with Crippen LogP contribution in [-0.4, -0.2) is 30.7 Å². The van der Waals surface area contributed by atoms with Gasteiger partial charge in [-0.05, 0) is 19.4 Å². The minimum Gasteiger partial charge on any atom is -0.389 e. The van der Waals surface area contributed by atoms with Crippen molar-refractivity contribution in [3.05, 3.63) is 23.5 Å². The molecule has 0 aliphatic carbocycles. The van der Waals surface area contributed by atoms with Gasteiger partial charge in [-0.2, -0.15) is 0 Å². The second-order valence-corrected chi connectivity index (χ2v) is 6.12. The molecular formula is C10H15ClN2O3S. The Hall–Kier alpha value is -0.690. The highest BCUT2D eigenvalue weighted by Crippen LogP contribution is 2.19. The van der Waals surface area contributed by atoms with E-state index in [-0.39, 0.29) is 16.5 Å². The molecule has 0 amide bonds. The minimum absolute atomic E-state index is 0.0724. The SMILES string of the molecule is CCC(C)(O)CNS(=O)(=O)c1cnccc1Cl. The van der Waals surface area contributed by atoms with Crippen LogP contribution in [0.25, 0.3) is 0 Å². The van der Waals surface area contributed by atoms with Crippen LogP contribution in [0.3, 0.4) is 0 Å². The fourth-order valence-corrected chi connectivity index (χ4v) is 2.60. The number of halogens is 1. The molecule has 1 unspecified atom stereocenters. The summed E-state index contributed by atoms with van der Waals surface area (Å²) in [5.74, 6) is 0. The molecule has 0 fully saturated rings. The fourth-order valence-electron chi connectivity index (χ4n) is 1.01. The maximum Gasteiger partial charge on any atom is 0.243 e. The summed E-state index contributed by atoms with van der Waals surface area (Å²) in [6.45, 7) is 3.25. The van der Waals surface area contributed by atoms with Crippen molar-refractivity contribution in [3.8, 4) is 0 Å². The molecule has 7 heteroatoms. The largest absolute Gasteiger partial charge is 0.389 e. The molecule has 96 valence electrons. The molecule has 5 nitrogen and oxygen atoms in total. The van der Waals surface area contributed by atoms with Gasteiger partial charge < -0.3 is 5.11 Å². The molecule has 0 aliphatic heterocycles. The number of aromatic nitrogens is 1. The lowest BCUT2D eigenvalue weighted by molar-refractivity contribution is 0.0613. The van der Waals surface area contributed by atoms with Crippen molar-refractivity contribution in [2.45, 2.75) is 30.8 Å². The van der Waals surface area contributed by atoms with E-state index in [0.29, 0.717) is 6.42 Å².